The highest BCUT2D eigenvalue weighted by atomic mass is 35.5. The van der Waals surface area contributed by atoms with Gasteiger partial charge in [0.1, 0.15) is 5.88 Å². The molecule has 1 aromatic rings. The molecule has 0 aromatic carbocycles. The summed E-state index contributed by atoms with van der Waals surface area (Å²) in [7, 11) is -2.83. The molecule has 1 saturated heterocycles. The molecule has 1 aliphatic rings. The number of hydrogen-bond acceptors (Lipinski definition) is 6. The molecule has 0 aliphatic carbocycles. The molecule has 1 N–H and O–H groups in total. The highest BCUT2D eigenvalue weighted by Crippen LogP contribution is 2.19. The molecule has 0 spiro atoms. The normalized spacial score (nSPS) is 23.4. The Kier molecular flexibility index (Phi) is 3.34. The Balaban J connectivity index is 1.84. The first-order valence-electron chi connectivity index (χ1n) is 4.92. The molecule has 0 bridgehead atoms. The summed E-state index contributed by atoms with van der Waals surface area (Å²) in [5.74, 6) is 1.15. The molecule has 90 valence electrons. The van der Waals surface area contributed by atoms with Gasteiger partial charge in [0.25, 0.3) is 0 Å². The maximum Gasteiger partial charge on any atom is 0.315 e. The van der Waals surface area contributed by atoms with Crippen LogP contribution in [-0.2, 0) is 15.7 Å². The fraction of sp³-hybridized carbons (Fsp3) is 0.750. The van der Waals surface area contributed by atoms with Crippen molar-refractivity contribution in [2.75, 3.05) is 23.4 Å². The molecular formula is C8H12ClN3O3S. The Labute approximate surface area is 98.3 Å². The van der Waals surface area contributed by atoms with Crippen LogP contribution < -0.4 is 5.32 Å². The van der Waals surface area contributed by atoms with Gasteiger partial charge in [0.2, 0.25) is 5.89 Å². The van der Waals surface area contributed by atoms with E-state index in [1.165, 1.54) is 0 Å². The average molecular weight is 266 g/mol. The molecule has 2 heterocycles. The molecule has 0 amide bonds. The van der Waals surface area contributed by atoms with E-state index in [-0.39, 0.29) is 23.3 Å². The third kappa shape index (κ3) is 2.85. The van der Waals surface area contributed by atoms with Gasteiger partial charge in [-0.05, 0) is 12.3 Å². The molecule has 0 radical (unpaired) electrons. The van der Waals surface area contributed by atoms with E-state index < -0.39 is 9.84 Å². The van der Waals surface area contributed by atoms with Crippen molar-refractivity contribution in [3.05, 3.63) is 5.89 Å². The van der Waals surface area contributed by atoms with Crippen molar-refractivity contribution < 1.29 is 12.8 Å². The third-order valence-electron chi connectivity index (χ3n) is 2.45. The molecule has 1 fully saturated rings. The van der Waals surface area contributed by atoms with Crippen molar-refractivity contribution in [2.24, 2.45) is 5.92 Å². The van der Waals surface area contributed by atoms with Crippen LogP contribution >= 0.6 is 11.6 Å². The number of alkyl halides is 1. The zero-order chi connectivity index (χ0) is 11.6. The summed E-state index contributed by atoms with van der Waals surface area (Å²) in [5.41, 5.74) is 0. The second kappa shape index (κ2) is 4.58. The molecule has 8 heteroatoms. The average Bonchev–Trinajstić information content (AvgIpc) is 2.81. The molecule has 1 aromatic heterocycles. The quantitative estimate of drug-likeness (QED) is 0.805. The standard InChI is InChI=1S/C8H12ClN3O3S/c9-3-7-11-12-8(15-7)10-4-6-1-2-16(13,14)5-6/h6H,1-5H2,(H,10,12). The lowest BCUT2D eigenvalue weighted by Gasteiger charge is -2.06. The Bertz CT molecular complexity index is 459. The highest BCUT2D eigenvalue weighted by molar-refractivity contribution is 7.91. The number of nitrogens with one attached hydrogen (secondary N) is 1. The van der Waals surface area contributed by atoms with Gasteiger partial charge in [-0.2, -0.15) is 0 Å². The zero-order valence-corrected chi connectivity index (χ0v) is 10.1. The van der Waals surface area contributed by atoms with Crippen LogP contribution in [0.15, 0.2) is 4.42 Å². The number of aromatic nitrogens is 2. The lowest BCUT2D eigenvalue weighted by Crippen LogP contribution is -2.15. The van der Waals surface area contributed by atoms with Crippen molar-refractivity contribution in [1.29, 1.82) is 0 Å². The van der Waals surface area contributed by atoms with E-state index in [1.54, 1.807) is 0 Å². The monoisotopic (exact) mass is 265 g/mol. The van der Waals surface area contributed by atoms with E-state index in [0.717, 1.165) is 0 Å². The molecule has 1 atom stereocenters. The largest absolute Gasteiger partial charge is 0.407 e. The minimum Gasteiger partial charge on any atom is -0.407 e. The Morgan fingerprint density at radius 3 is 2.88 bits per heavy atom. The summed E-state index contributed by atoms with van der Waals surface area (Å²) in [6.45, 7) is 0.531. The van der Waals surface area contributed by atoms with Crippen molar-refractivity contribution in [1.82, 2.24) is 10.2 Å². The number of sulfone groups is 1. The molecule has 6 nitrogen and oxygen atoms in total. The van der Waals surface area contributed by atoms with Crippen molar-refractivity contribution in [3.63, 3.8) is 0 Å². The fourth-order valence-electron chi connectivity index (χ4n) is 1.64. The van der Waals surface area contributed by atoms with Gasteiger partial charge in [0.05, 0.1) is 11.5 Å². The summed E-state index contributed by atoms with van der Waals surface area (Å²) in [4.78, 5) is 0. The Hall–Kier alpha value is -0.820. The zero-order valence-electron chi connectivity index (χ0n) is 8.52. The SMILES string of the molecule is O=S1(=O)CCC(CNc2nnc(CCl)o2)C1. The van der Waals surface area contributed by atoms with Crippen LogP contribution in [0.1, 0.15) is 12.3 Å². The van der Waals surface area contributed by atoms with Gasteiger partial charge in [-0.1, -0.05) is 5.10 Å². The summed E-state index contributed by atoms with van der Waals surface area (Å²) >= 11 is 5.50. The van der Waals surface area contributed by atoms with Crippen LogP contribution in [0, 0.1) is 5.92 Å². The number of rotatable bonds is 4. The van der Waals surface area contributed by atoms with Crippen molar-refractivity contribution in [2.45, 2.75) is 12.3 Å². The molecule has 1 aliphatic heterocycles. The molecule has 2 rings (SSSR count). The summed E-state index contributed by atoms with van der Waals surface area (Å²) in [5, 5.41) is 10.3. The maximum atomic E-state index is 11.2. The molecule has 1 unspecified atom stereocenters. The van der Waals surface area contributed by atoms with E-state index in [1.807, 2.05) is 0 Å². The molecule has 16 heavy (non-hydrogen) atoms. The topological polar surface area (TPSA) is 85.1 Å². The smallest absolute Gasteiger partial charge is 0.315 e. The number of nitrogens with zero attached hydrogens (tertiary/aromatic N) is 2. The van der Waals surface area contributed by atoms with Gasteiger partial charge in [0.15, 0.2) is 9.84 Å². The van der Waals surface area contributed by atoms with Gasteiger partial charge in [-0.3, -0.25) is 0 Å². The molecule has 0 saturated carbocycles. The van der Waals surface area contributed by atoms with Gasteiger partial charge in [0, 0.05) is 6.54 Å². The highest BCUT2D eigenvalue weighted by Gasteiger charge is 2.27. The second-order valence-electron chi connectivity index (χ2n) is 3.78. The van der Waals surface area contributed by atoms with Gasteiger partial charge in [-0.15, -0.1) is 16.7 Å². The minimum absolute atomic E-state index is 0.122. The number of hydrogen-bond donors (Lipinski definition) is 1. The van der Waals surface area contributed by atoms with Crippen LogP contribution in [0.3, 0.4) is 0 Å². The lowest BCUT2D eigenvalue weighted by molar-refractivity contribution is 0.516. The molecular weight excluding hydrogens is 254 g/mol. The van der Waals surface area contributed by atoms with E-state index in [2.05, 4.69) is 15.5 Å². The number of halogens is 1. The van der Waals surface area contributed by atoms with E-state index in [4.69, 9.17) is 16.0 Å². The van der Waals surface area contributed by atoms with Crippen molar-refractivity contribution in [3.8, 4) is 0 Å². The summed E-state index contributed by atoms with van der Waals surface area (Å²) in [6.07, 6.45) is 0.686. The van der Waals surface area contributed by atoms with E-state index in [0.29, 0.717) is 24.9 Å². The van der Waals surface area contributed by atoms with E-state index in [9.17, 15) is 8.42 Å². The van der Waals surface area contributed by atoms with Crippen LogP contribution in [0.5, 0.6) is 0 Å². The third-order valence-corrected chi connectivity index (χ3v) is 4.52. The predicted octanol–water partition coefficient (Wildman–Crippen LogP) is 0.655. The van der Waals surface area contributed by atoms with E-state index >= 15 is 0 Å². The van der Waals surface area contributed by atoms with Gasteiger partial charge >= 0.3 is 6.01 Å². The number of anilines is 1. The summed E-state index contributed by atoms with van der Waals surface area (Å²) in [6, 6.07) is 0.292. The van der Waals surface area contributed by atoms with Crippen LogP contribution in [0.4, 0.5) is 6.01 Å². The minimum atomic E-state index is -2.83. The van der Waals surface area contributed by atoms with Gasteiger partial charge < -0.3 is 9.73 Å². The van der Waals surface area contributed by atoms with Crippen LogP contribution in [0.25, 0.3) is 0 Å². The first kappa shape index (κ1) is 11.7. The van der Waals surface area contributed by atoms with Crippen molar-refractivity contribution >= 4 is 27.5 Å². The lowest BCUT2D eigenvalue weighted by atomic mass is 10.1. The van der Waals surface area contributed by atoms with Gasteiger partial charge in [-0.25, -0.2) is 8.42 Å². The Morgan fingerprint density at radius 2 is 2.31 bits per heavy atom. The van der Waals surface area contributed by atoms with Crippen LogP contribution in [0.2, 0.25) is 0 Å². The predicted molar refractivity (Wildman–Crippen MR) is 59.1 cm³/mol. The fourth-order valence-corrected chi connectivity index (χ4v) is 3.61. The first-order chi connectivity index (χ1) is 7.59. The second-order valence-corrected chi connectivity index (χ2v) is 6.28. The van der Waals surface area contributed by atoms with Crippen LogP contribution in [-0.4, -0.2) is 36.7 Å². The summed E-state index contributed by atoms with van der Waals surface area (Å²) < 4.78 is 27.5. The Morgan fingerprint density at radius 1 is 1.50 bits per heavy atom. The first-order valence-corrected chi connectivity index (χ1v) is 7.27. The maximum absolute atomic E-state index is 11.2.